The number of methoxy groups -OCH3 is 1. The maximum atomic E-state index is 12.5. The summed E-state index contributed by atoms with van der Waals surface area (Å²) in [5.74, 6) is -0.715. The van der Waals surface area contributed by atoms with Gasteiger partial charge in [-0.25, -0.2) is 0 Å². The van der Waals surface area contributed by atoms with Gasteiger partial charge < -0.3 is 20.2 Å². The number of hydrogen-bond acceptors (Lipinski definition) is 6. The first-order valence-corrected chi connectivity index (χ1v) is 8.77. The number of rotatable bonds is 4. The normalized spacial score (nSPS) is 24.9. The highest BCUT2D eigenvalue weighted by Gasteiger charge is 2.56. The number of fused-ring (bicyclic) bond motifs is 2. The van der Waals surface area contributed by atoms with Crippen LogP contribution in [0.2, 0.25) is 0 Å². The zero-order chi connectivity index (χ0) is 19.2. The number of amides is 1. The van der Waals surface area contributed by atoms with Crippen LogP contribution in [0.5, 0.6) is 0 Å². The number of carbonyl (C=O) groups is 2. The molecule has 2 aliphatic rings. The molecule has 1 aromatic heterocycles. The van der Waals surface area contributed by atoms with Gasteiger partial charge in [0.2, 0.25) is 5.91 Å². The molecule has 0 unspecified atom stereocenters. The Balaban J connectivity index is 1.59. The van der Waals surface area contributed by atoms with Crippen LogP contribution >= 0.6 is 0 Å². The van der Waals surface area contributed by atoms with Gasteiger partial charge in [0.1, 0.15) is 5.41 Å². The van der Waals surface area contributed by atoms with E-state index < -0.39 is 11.3 Å². The van der Waals surface area contributed by atoms with Crippen molar-refractivity contribution < 1.29 is 19.1 Å². The van der Waals surface area contributed by atoms with E-state index in [-0.39, 0.29) is 17.3 Å². The second-order valence-electron chi connectivity index (χ2n) is 7.31. The van der Waals surface area contributed by atoms with Gasteiger partial charge in [0.25, 0.3) is 0 Å². The van der Waals surface area contributed by atoms with E-state index in [0.29, 0.717) is 49.3 Å². The van der Waals surface area contributed by atoms with Crippen molar-refractivity contribution in [3.8, 4) is 0 Å². The monoisotopic (exact) mass is 371 g/mol. The van der Waals surface area contributed by atoms with Crippen LogP contribution in [0.3, 0.4) is 0 Å². The van der Waals surface area contributed by atoms with Crippen LogP contribution in [0.25, 0.3) is 10.9 Å². The summed E-state index contributed by atoms with van der Waals surface area (Å²) < 4.78 is 10.5. The Morgan fingerprint density at radius 1 is 1.41 bits per heavy atom. The van der Waals surface area contributed by atoms with Crippen LogP contribution in [-0.2, 0) is 20.8 Å². The minimum absolute atomic E-state index is 0.0928. The van der Waals surface area contributed by atoms with Gasteiger partial charge in [-0.2, -0.15) is 0 Å². The predicted molar refractivity (Wildman–Crippen MR) is 97.1 cm³/mol. The third kappa shape index (κ3) is 2.90. The molecule has 2 aromatic rings. The highest BCUT2D eigenvalue weighted by Crippen LogP contribution is 2.42. The largest absolute Gasteiger partial charge is 0.468 e. The third-order valence-electron chi connectivity index (χ3n) is 5.60. The lowest BCUT2D eigenvalue weighted by molar-refractivity contribution is -0.153. The zero-order valence-corrected chi connectivity index (χ0v) is 15.0. The average Bonchev–Trinajstić information content (AvgIpc) is 3.18. The molecule has 1 amide bonds. The lowest BCUT2D eigenvalue weighted by atomic mass is 9.81. The van der Waals surface area contributed by atoms with Gasteiger partial charge in [0.05, 0.1) is 20.3 Å². The molecule has 3 heterocycles. The van der Waals surface area contributed by atoms with Gasteiger partial charge in [0, 0.05) is 53.8 Å². The Hall–Kier alpha value is -2.71. The van der Waals surface area contributed by atoms with Crippen molar-refractivity contribution >= 4 is 22.8 Å². The van der Waals surface area contributed by atoms with Crippen molar-refractivity contribution in [1.29, 1.82) is 0 Å². The molecule has 8 nitrogen and oxygen atoms in total. The number of esters is 1. The number of aromatic nitrogens is 1. The minimum atomic E-state index is -0.623. The van der Waals surface area contributed by atoms with E-state index >= 15 is 0 Å². The minimum Gasteiger partial charge on any atom is -0.468 e. The SMILES string of the molecule is COC(=O)[C@@]12COC[C@@H]1CN(Cc1cc(=O)c3cc(C(N)=O)ccc3[nH]1)C2. The summed E-state index contributed by atoms with van der Waals surface area (Å²) in [6.45, 7) is 2.65. The molecule has 0 radical (unpaired) electrons. The molecule has 2 atom stereocenters. The number of H-pyrrole nitrogens is 1. The van der Waals surface area contributed by atoms with Crippen molar-refractivity contribution in [3.63, 3.8) is 0 Å². The quantitative estimate of drug-likeness (QED) is 0.745. The van der Waals surface area contributed by atoms with Crippen molar-refractivity contribution in [2.75, 3.05) is 33.4 Å². The van der Waals surface area contributed by atoms with E-state index in [9.17, 15) is 14.4 Å². The number of hydrogen-bond donors (Lipinski definition) is 2. The van der Waals surface area contributed by atoms with E-state index in [1.54, 1.807) is 12.1 Å². The fourth-order valence-electron chi connectivity index (χ4n) is 4.23. The lowest BCUT2D eigenvalue weighted by Gasteiger charge is -2.24. The van der Waals surface area contributed by atoms with Gasteiger partial charge in [0.15, 0.2) is 5.43 Å². The van der Waals surface area contributed by atoms with E-state index in [1.165, 1.54) is 19.2 Å². The van der Waals surface area contributed by atoms with Crippen LogP contribution in [0.15, 0.2) is 29.1 Å². The van der Waals surface area contributed by atoms with Crippen LogP contribution in [0, 0.1) is 11.3 Å². The third-order valence-corrected chi connectivity index (χ3v) is 5.60. The zero-order valence-electron chi connectivity index (χ0n) is 15.0. The van der Waals surface area contributed by atoms with Crippen molar-refractivity contribution in [3.05, 3.63) is 45.7 Å². The second-order valence-corrected chi connectivity index (χ2v) is 7.31. The lowest BCUT2D eigenvalue weighted by Crippen LogP contribution is -2.40. The van der Waals surface area contributed by atoms with Crippen molar-refractivity contribution in [2.45, 2.75) is 6.54 Å². The van der Waals surface area contributed by atoms with Crippen LogP contribution in [-0.4, -0.2) is 55.2 Å². The molecule has 4 rings (SSSR count). The second kappa shape index (κ2) is 6.47. The highest BCUT2D eigenvalue weighted by atomic mass is 16.5. The summed E-state index contributed by atoms with van der Waals surface area (Å²) >= 11 is 0. The summed E-state index contributed by atoms with van der Waals surface area (Å²) in [4.78, 5) is 41.5. The number of nitrogens with zero attached hydrogens (tertiary/aromatic N) is 1. The molecule has 142 valence electrons. The molecule has 0 spiro atoms. The van der Waals surface area contributed by atoms with Crippen LogP contribution in [0.4, 0.5) is 0 Å². The molecule has 0 bridgehead atoms. The summed E-state index contributed by atoms with van der Waals surface area (Å²) in [6.07, 6.45) is 0. The molecule has 0 saturated carbocycles. The van der Waals surface area contributed by atoms with E-state index in [1.807, 2.05) is 0 Å². The van der Waals surface area contributed by atoms with Gasteiger partial charge in [-0.3, -0.25) is 19.3 Å². The molecule has 2 saturated heterocycles. The number of aromatic amines is 1. The summed E-state index contributed by atoms with van der Waals surface area (Å²) in [5.41, 5.74) is 6.18. The van der Waals surface area contributed by atoms with E-state index in [0.717, 1.165) is 5.69 Å². The number of primary amides is 1. The fourth-order valence-corrected chi connectivity index (χ4v) is 4.23. The summed E-state index contributed by atoms with van der Waals surface area (Å²) in [6, 6.07) is 6.31. The number of pyridine rings is 1. The molecule has 0 aliphatic carbocycles. The van der Waals surface area contributed by atoms with Gasteiger partial charge >= 0.3 is 5.97 Å². The Bertz CT molecular complexity index is 985. The van der Waals surface area contributed by atoms with Crippen LogP contribution < -0.4 is 11.2 Å². The Morgan fingerprint density at radius 3 is 2.96 bits per heavy atom. The number of carbonyl (C=O) groups excluding carboxylic acids is 2. The number of benzene rings is 1. The average molecular weight is 371 g/mol. The van der Waals surface area contributed by atoms with Crippen LogP contribution in [0.1, 0.15) is 16.1 Å². The van der Waals surface area contributed by atoms with Gasteiger partial charge in [-0.1, -0.05) is 0 Å². The molecule has 1 aromatic carbocycles. The Morgan fingerprint density at radius 2 is 2.22 bits per heavy atom. The molecule has 8 heteroatoms. The Kier molecular flexibility index (Phi) is 4.24. The number of nitrogens with two attached hydrogens (primary N) is 1. The highest BCUT2D eigenvalue weighted by molar-refractivity contribution is 5.96. The molecule has 2 fully saturated rings. The topological polar surface area (TPSA) is 115 Å². The van der Waals surface area contributed by atoms with E-state index in [2.05, 4.69) is 9.88 Å². The number of ether oxygens (including phenoxy) is 2. The first kappa shape index (κ1) is 17.7. The predicted octanol–water partition coefficient (Wildman–Crippen LogP) is 0.248. The standard InChI is InChI=1S/C19H21N3O5/c1-26-18(25)19-9-22(6-12(19)8-27-10-19)7-13-5-16(23)14-4-11(17(20)24)2-3-15(14)21-13/h2-5,12H,6-10H2,1H3,(H2,20,24)(H,21,23)/t12-,19-/m0/s1. The number of nitrogens with one attached hydrogen (secondary N) is 1. The summed E-state index contributed by atoms with van der Waals surface area (Å²) in [7, 11) is 1.40. The molecular weight excluding hydrogens is 350 g/mol. The maximum absolute atomic E-state index is 12.5. The fraction of sp³-hybridized carbons (Fsp3) is 0.421. The molecule has 3 N–H and O–H groups in total. The van der Waals surface area contributed by atoms with E-state index in [4.69, 9.17) is 15.2 Å². The molecule has 27 heavy (non-hydrogen) atoms. The maximum Gasteiger partial charge on any atom is 0.315 e. The smallest absolute Gasteiger partial charge is 0.315 e. The Labute approximate surface area is 155 Å². The van der Waals surface area contributed by atoms with Crippen molar-refractivity contribution in [1.82, 2.24) is 9.88 Å². The number of likely N-dealkylation sites (tertiary alicyclic amines) is 1. The first-order valence-electron chi connectivity index (χ1n) is 8.77. The molecular formula is C19H21N3O5. The first-order chi connectivity index (χ1) is 12.9. The van der Waals surface area contributed by atoms with Gasteiger partial charge in [-0.15, -0.1) is 0 Å². The molecule has 2 aliphatic heterocycles. The van der Waals surface area contributed by atoms with Crippen molar-refractivity contribution in [2.24, 2.45) is 17.1 Å². The summed E-state index contributed by atoms with van der Waals surface area (Å²) in [5, 5.41) is 0.424. The van der Waals surface area contributed by atoms with Gasteiger partial charge in [-0.05, 0) is 18.2 Å².